The van der Waals surface area contributed by atoms with Gasteiger partial charge in [-0.1, -0.05) is 12.1 Å². The van der Waals surface area contributed by atoms with Crippen LogP contribution < -0.4 is 5.32 Å². The Morgan fingerprint density at radius 2 is 2.44 bits per heavy atom. The maximum atomic E-state index is 10.8. The summed E-state index contributed by atoms with van der Waals surface area (Å²) in [5.41, 5.74) is 2.42. The second kappa shape index (κ2) is 5.04. The zero-order valence-corrected chi connectivity index (χ0v) is 9.64. The van der Waals surface area contributed by atoms with Crippen LogP contribution in [0.25, 0.3) is 0 Å². The zero-order valence-electron chi connectivity index (χ0n) is 8.82. The lowest BCUT2D eigenvalue weighted by Crippen LogP contribution is -2.20. The van der Waals surface area contributed by atoms with Crippen LogP contribution in [0.4, 0.5) is 0 Å². The summed E-state index contributed by atoms with van der Waals surface area (Å²) in [4.78, 5) is 12.1. The smallest absolute Gasteiger partial charge is 0.322 e. The highest BCUT2D eigenvalue weighted by molar-refractivity contribution is 7.99. The van der Waals surface area contributed by atoms with E-state index in [1.165, 1.54) is 22.6 Å². The molecule has 4 heteroatoms. The predicted molar refractivity (Wildman–Crippen MR) is 62.9 cm³/mol. The summed E-state index contributed by atoms with van der Waals surface area (Å²) in [7, 11) is 0. The second-order valence-electron chi connectivity index (χ2n) is 3.69. The third-order valence-electron chi connectivity index (χ3n) is 2.53. The first-order chi connectivity index (χ1) is 7.79. The Bertz CT molecular complexity index is 451. The van der Waals surface area contributed by atoms with Gasteiger partial charge >= 0.3 is 5.91 Å². The molecule has 1 aromatic carbocycles. The molecule has 1 N–H and O–H groups in total. The molecule has 0 radical (unpaired) electrons. The van der Waals surface area contributed by atoms with Crippen LogP contribution in [0.5, 0.6) is 0 Å². The Morgan fingerprint density at radius 1 is 1.56 bits per heavy atom. The highest BCUT2D eigenvalue weighted by atomic mass is 32.2. The van der Waals surface area contributed by atoms with Crippen molar-refractivity contribution < 1.29 is 4.79 Å². The van der Waals surface area contributed by atoms with E-state index in [0.717, 1.165) is 12.0 Å². The molecule has 0 aromatic heterocycles. The van der Waals surface area contributed by atoms with Crippen molar-refractivity contribution in [3.63, 3.8) is 0 Å². The minimum atomic E-state index is -0.577. The second-order valence-corrected chi connectivity index (χ2v) is 4.83. The van der Waals surface area contributed by atoms with Gasteiger partial charge in [-0.3, -0.25) is 4.79 Å². The Morgan fingerprint density at radius 3 is 3.25 bits per heavy atom. The summed E-state index contributed by atoms with van der Waals surface area (Å²) in [6.07, 6.45) is 2.33. The van der Waals surface area contributed by atoms with Crippen molar-refractivity contribution in [1.82, 2.24) is 5.32 Å². The summed E-state index contributed by atoms with van der Waals surface area (Å²) in [6, 6.07) is 7.78. The number of aryl methyl sites for hydroxylation is 1. The average molecular weight is 232 g/mol. The van der Waals surface area contributed by atoms with Crippen molar-refractivity contribution in [2.75, 3.05) is 5.75 Å². The van der Waals surface area contributed by atoms with Crippen LogP contribution in [-0.2, 0) is 17.8 Å². The van der Waals surface area contributed by atoms with E-state index in [2.05, 4.69) is 17.4 Å². The van der Waals surface area contributed by atoms with Gasteiger partial charge < -0.3 is 5.32 Å². The number of fused-ring (bicyclic) bond motifs is 1. The zero-order chi connectivity index (χ0) is 11.4. The summed E-state index contributed by atoms with van der Waals surface area (Å²) in [5.74, 6) is 0.615. The van der Waals surface area contributed by atoms with Crippen LogP contribution in [0.2, 0.25) is 0 Å². The number of nitriles is 1. The number of thioether (sulfide) groups is 1. The van der Waals surface area contributed by atoms with Gasteiger partial charge in [0.25, 0.3) is 0 Å². The SMILES string of the molecule is N#CC(=O)NCc1ccc2c(c1)CCCS2. The van der Waals surface area contributed by atoms with Crippen LogP contribution in [0, 0.1) is 11.3 Å². The topological polar surface area (TPSA) is 52.9 Å². The van der Waals surface area contributed by atoms with Crippen LogP contribution in [0.3, 0.4) is 0 Å². The number of rotatable bonds is 2. The lowest BCUT2D eigenvalue weighted by Gasteiger charge is -2.15. The summed E-state index contributed by atoms with van der Waals surface area (Å²) >= 11 is 1.89. The highest BCUT2D eigenvalue weighted by Gasteiger charge is 2.10. The largest absolute Gasteiger partial charge is 0.339 e. The van der Waals surface area contributed by atoms with Gasteiger partial charge in [0.1, 0.15) is 0 Å². The Labute approximate surface area is 98.8 Å². The fourth-order valence-corrected chi connectivity index (χ4v) is 2.76. The molecule has 16 heavy (non-hydrogen) atoms. The van der Waals surface area contributed by atoms with Crippen LogP contribution >= 0.6 is 11.8 Å². The van der Waals surface area contributed by atoms with Gasteiger partial charge in [-0.05, 0) is 35.8 Å². The number of nitrogens with zero attached hydrogens (tertiary/aromatic N) is 1. The molecule has 0 unspecified atom stereocenters. The molecule has 82 valence electrons. The molecule has 3 nitrogen and oxygen atoms in total. The summed E-state index contributed by atoms with van der Waals surface area (Å²) < 4.78 is 0. The Kier molecular flexibility index (Phi) is 3.47. The molecular weight excluding hydrogens is 220 g/mol. The molecule has 0 saturated heterocycles. The molecule has 1 aliphatic rings. The fraction of sp³-hybridized carbons (Fsp3) is 0.333. The minimum absolute atomic E-state index is 0.435. The Hall–Kier alpha value is -1.47. The first-order valence-electron chi connectivity index (χ1n) is 5.22. The van der Waals surface area contributed by atoms with Crippen molar-refractivity contribution in [2.45, 2.75) is 24.3 Å². The lowest BCUT2D eigenvalue weighted by molar-refractivity contribution is -0.116. The van der Waals surface area contributed by atoms with E-state index in [1.807, 2.05) is 17.8 Å². The number of carbonyl (C=O) groups is 1. The van der Waals surface area contributed by atoms with Crippen molar-refractivity contribution in [2.24, 2.45) is 0 Å². The van der Waals surface area contributed by atoms with Crippen molar-refractivity contribution >= 4 is 17.7 Å². The molecular formula is C12H12N2OS. The van der Waals surface area contributed by atoms with E-state index in [0.29, 0.717) is 6.54 Å². The quantitative estimate of drug-likeness (QED) is 0.792. The maximum Gasteiger partial charge on any atom is 0.322 e. The lowest BCUT2D eigenvalue weighted by atomic mass is 10.1. The van der Waals surface area contributed by atoms with Crippen molar-refractivity contribution in [1.29, 1.82) is 5.26 Å². The van der Waals surface area contributed by atoms with E-state index in [4.69, 9.17) is 5.26 Å². The van der Waals surface area contributed by atoms with E-state index in [1.54, 1.807) is 6.07 Å². The van der Waals surface area contributed by atoms with E-state index >= 15 is 0 Å². The van der Waals surface area contributed by atoms with E-state index < -0.39 is 5.91 Å². The van der Waals surface area contributed by atoms with Gasteiger partial charge in [0, 0.05) is 11.4 Å². The molecule has 0 saturated carbocycles. The molecule has 0 fully saturated rings. The normalized spacial score (nSPS) is 13.7. The van der Waals surface area contributed by atoms with Gasteiger partial charge in [-0.2, -0.15) is 5.26 Å². The van der Waals surface area contributed by atoms with Crippen LogP contribution in [0.15, 0.2) is 23.1 Å². The van der Waals surface area contributed by atoms with Crippen LogP contribution in [0.1, 0.15) is 17.5 Å². The van der Waals surface area contributed by atoms with E-state index in [9.17, 15) is 4.79 Å². The third kappa shape index (κ3) is 2.56. The van der Waals surface area contributed by atoms with Crippen LogP contribution in [-0.4, -0.2) is 11.7 Å². The molecule has 0 atom stereocenters. The highest BCUT2D eigenvalue weighted by Crippen LogP contribution is 2.30. The predicted octanol–water partition coefficient (Wildman–Crippen LogP) is 1.86. The number of hydrogen-bond acceptors (Lipinski definition) is 3. The van der Waals surface area contributed by atoms with Gasteiger partial charge in [0.2, 0.25) is 0 Å². The number of nitrogens with one attached hydrogen (secondary N) is 1. The first kappa shape index (κ1) is 11.0. The Balaban J connectivity index is 2.06. The van der Waals surface area contributed by atoms with Gasteiger partial charge in [-0.15, -0.1) is 11.8 Å². The molecule has 0 aliphatic carbocycles. The summed E-state index contributed by atoms with van der Waals surface area (Å²) in [5, 5.41) is 10.9. The molecule has 1 aromatic rings. The minimum Gasteiger partial charge on any atom is -0.339 e. The molecule has 0 spiro atoms. The van der Waals surface area contributed by atoms with Crippen molar-refractivity contribution in [3.8, 4) is 6.07 Å². The fourth-order valence-electron chi connectivity index (χ4n) is 1.75. The molecule has 2 rings (SSSR count). The number of carbonyl (C=O) groups excluding carboxylic acids is 1. The molecule has 0 bridgehead atoms. The molecule has 1 amide bonds. The number of hydrogen-bond donors (Lipinski definition) is 1. The summed E-state index contributed by atoms with van der Waals surface area (Å²) in [6.45, 7) is 0.435. The van der Waals surface area contributed by atoms with Gasteiger partial charge in [-0.25, -0.2) is 0 Å². The monoisotopic (exact) mass is 232 g/mol. The van der Waals surface area contributed by atoms with Gasteiger partial charge in [0.15, 0.2) is 6.07 Å². The number of benzene rings is 1. The maximum absolute atomic E-state index is 10.8. The van der Waals surface area contributed by atoms with Crippen molar-refractivity contribution in [3.05, 3.63) is 29.3 Å². The van der Waals surface area contributed by atoms with E-state index in [-0.39, 0.29) is 0 Å². The molecule has 1 aliphatic heterocycles. The third-order valence-corrected chi connectivity index (χ3v) is 3.73. The first-order valence-corrected chi connectivity index (χ1v) is 6.20. The average Bonchev–Trinajstić information content (AvgIpc) is 2.35. The number of amides is 1. The standard InChI is InChI=1S/C12H12N2OS/c13-7-12(15)14-8-9-3-4-11-10(6-9)2-1-5-16-11/h3-4,6H,1-2,5,8H2,(H,14,15). The molecule has 1 heterocycles. The van der Waals surface area contributed by atoms with Gasteiger partial charge in [0.05, 0.1) is 0 Å².